The number of hydrogen-bond donors (Lipinski definition) is 0. The standard InChI is InChI=1S/C6H11NO3/c1-3-9-5-7-6(8)10-4-2/h5H,3-4H2,1-2H3/b7-5-. The van der Waals surface area contributed by atoms with Crippen LogP contribution in [0.2, 0.25) is 0 Å². The summed E-state index contributed by atoms with van der Waals surface area (Å²) in [5.41, 5.74) is 0. The van der Waals surface area contributed by atoms with Gasteiger partial charge in [0, 0.05) is 0 Å². The van der Waals surface area contributed by atoms with Crippen LogP contribution >= 0.6 is 0 Å². The molecule has 0 rings (SSSR count). The third-order valence-electron chi connectivity index (χ3n) is 0.667. The third-order valence-corrected chi connectivity index (χ3v) is 0.667. The number of nitrogens with zero attached hydrogens (tertiary/aromatic N) is 1. The molecule has 0 aromatic rings. The van der Waals surface area contributed by atoms with Crippen molar-refractivity contribution in [2.24, 2.45) is 4.99 Å². The maximum absolute atomic E-state index is 10.4. The average Bonchev–Trinajstić information content (AvgIpc) is 1.89. The molecular weight excluding hydrogens is 134 g/mol. The average molecular weight is 145 g/mol. The van der Waals surface area contributed by atoms with E-state index in [0.717, 1.165) is 6.40 Å². The minimum Gasteiger partial charge on any atom is -0.483 e. The lowest BCUT2D eigenvalue weighted by atomic mass is 10.9. The monoisotopic (exact) mass is 145 g/mol. The van der Waals surface area contributed by atoms with E-state index in [2.05, 4.69) is 14.5 Å². The Morgan fingerprint density at radius 2 is 2.20 bits per heavy atom. The fraction of sp³-hybridized carbons (Fsp3) is 0.667. The van der Waals surface area contributed by atoms with Gasteiger partial charge in [0.2, 0.25) is 0 Å². The van der Waals surface area contributed by atoms with Gasteiger partial charge in [0.05, 0.1) is 13.2 Å². The molecule has 0 bridgehead atoms. The van der Waals surface area contributed by atoms with Gasteiger partial charge in [-0.25, -0.2) is 4.79 Å². The lowest BCUT2D eigenvalue weighted by Gasteiger charge is -1.93. The van der Waals surface area contributed by atoms with E-state index in [1.54, 1.807) is 13.8 Å². The second kappa shape index (κ2) is 6.07. The van der Waals surface area contributed by atoms with Crippen LogP contribution in [0.4, 0.5) is 4.79 Å². The van der Waals surface area contributed by atoms with Crippen LogP contribution in [-0.4, -0.2) is 25.7 Å². The molecule has 0 aromatic carbocycles. The number of amides is 1. The molecule has 0 fully saturated rings. The Kier molecular flexibility index (Phi) is 5.42. The number of carbonyl (C=O) groups excluding carboxylic acids is 1. The van der Waals surface area contributed by atoms with Crippen molar-refractivity contribution >= 4 is 12.5 Å². The lowest BCUT2D eigenvalue weighted by Crippen LogP contribution is -1.98. The van der Waals surface area contributed by atoms with E-state index in [-0.39, 0.29) is 0 Å². The summed E-state index contributed by atoms with van der Waals surface area (Å²) < 4.78 is 9.13. The van der Waals surface area contributed by atoms with Gasteiger partial charge >= 0.3 is 6.09 Å². The molecule has 58 valence electrons. The van der Waals surface area contributed by atoms with Gasteiger partial charge in [-0.3, -0.25) is 0 Å². The molecule has 0 aliphatic rings. The molecule has 4 nitrogen and oxygen atoms in total. The molecular formula is C6H11NO3. The van der Waals surface area contributed by atoms with Crippen LogP contribution in [0.1, 0.15) is 13.8 Å². The van der Waals surface area contributed by atoms with Crippen molar-refractivity contribution in [1.82, 2.24) is 0 Å². The number of ether oxygens (including phenoxy) is 2. The summed E-state index contributed by atoms with van der Waals surface area (Å²) in [4.78, 5) is 13.7. The minimum atomic E-state index is -0.615. The first-order valence-electron chi connectivity index (χ1n) is 3.12. The van der Waals surface area contributed by atoms with Gasteiger partial charge in [-0.2, -0.15) is 0 Å². The summed E-state index contributed by atoms with van der Waals surface area (Å²) in [5, 5.41) is 0. The topological polar surface area (TPSA) is 47.9 Å². The summed E-state index contributed by atoms with van der Waals surface area (Å²) in [7, 11) is 0. The molecule has 4 heteroatoms. The molecule has 0 radical (unpaired) electrons. The molecule has 10 heavy (non-hydrogen) atoms. The maximum Gasteiger partial charge on any atom is 0.436 e. The van der Waals surface area contributed by atoms with Gasteiger partial charge in [-0.05, 0) is 13.8 Å². The van der Waals surface area contributed by atoms with E-state index in [0.29, 0.717) is 13.2 Å². The van der Waals surface area contributed by atoms with E-state index in [4.69, 9.17) is 0 Å². The summed E-state index contributed by atoms with van der Waals surface area (Å²) >= 11 is 0. The van der Waals surface area contributed by atoms with Gasteiger partial charge in [0.1, 0.15) is 0 Å². The Labute approximate surface area is 59.8 Å². The molecule has 0 spiro atoms. The molecule has 0 saturated heterocycles. The molecule has 0 saturated carbocycles. The van der Waals surface area contributed by atoms with Crippen LogP contribution in [0.15, 0.2) is 4.99 Å². The first-order chi connectivity index (χ1) is 4.81. The predicted octanol–water partition coefficient (Wildman–Crippen LogP) is 1.21. The van der Waals surface area contributed by atoms with Crippen molar-refractivity contribution in [3.05, 3.63) is 0 Å². The van der Waals surface area contributed by atoms with E-state index in [9.17, 15) is 4.79 Å². The van der Waals surface area contributed by atoms with E-state index in [1.165, 1.54) is 0 Å². The Morgan fingerprint density at radius 1 is 1.50 bits per heavy atom. The second-order valence-electron chi connectivity index (χ2n) is 1.39. The Bertz CT molecular complexity index is 122. The van der Waals surface area contributed by atoms with Crippen molar-refractivity contribution in [2.75, 3.05) is 13.2 Å². The van der Waals surface area contributed by atoms with Crippen molar-refractivity contribution in [2.45, 2.75) is 13.8 Å². The summed E-state index contributed by atoms with van der Waals surface area (Å²) in [6.07, 6.45) is 0.466. The highest BCUT2D eigenvalue weighted by atomic mass is 16.5. The van der Waals surface area contributed by atoms with Gasteiger partial charge in [-0.15, -0.1) is 4.99 Å². The molecule has 0 N–H and O–H groups in total. The quantitative estimate of drug-likeness (QED) is 0.443. The van der Waals surface area contributed by atoms with Crippen molar-refractivity contribution in [3.63, 3.8) is 0 Å². The Balaban J connectivity index is 3.36. The van der Waals surface area contributed by atoms with E-state index < -0.39 is 6.09 Å². The van der Waals surface area contributed by atoms with Gasteiger partial charge in [0.25, 0.3) is 0 Å². The Hall–Kier alpha value is -1.06. The molecule has 1 amide bonds. The first kappa shape index (κ1) is 8.94. The number of rotatable bonds is 3. The van der Waals surface area contributed by atoms with Crippen LogP contribution in [0, 0.1) is 0 Å². The lowest BCUT2D eigenvalue weighted by molar-refractivity contribution is 0.163. The smallest absolute Gasteiger partial charge is 0.436 e. The van der Waals surface area contributed by atoms with Gasteiger partial charge in [0.15, 0.2) is 6.40 Å². The van der Waals surface area contributed by atoms with Gasteiger partial charge < -0.3 is 9.47 Å². The molecule has 0 aliphatic heterocycles. The highest BCUT2D eigenvalue weighted by molar-refractivity contribution is 5.76. The number of carbonyl (C=O) groups is 1. The predicted molar refractivity (Wildman–Crippen MR) is 37.1 cm³/mol. The zero-order valence-electron chi connectivity index (χ0n) is 6.16. The number of aliphatic imine (C=N–C) groups is 1. The summed E-state index contributed by atoms with van der Waals surface area (Å²) in [5.74, 6) is 0. The molecule has 0 heterocycles. The van der Waals surface area contributed by atoms with Crippen LogP contribution in [0.3, 0.4) is 0 Å². The second-order valence-corrected chi connectivity index (χ2v) is 1.39. The fourth-order valence-corrected chi connectivity index (χ4v) is 0.316. The largest absolute Gasteiger partial charge is 0.483 e. The highest BCUT2D eigenvalue weighted by Crippen LogP contribution is 1.81. The van der Waals surface area contributed by atoms with Crippen molar-refractivity contribution in [1.29, 1.82) is 0 Å². The van der Waals surface area contributed by atoms with E-state index in [1.807, 2.05) is 0 Å². The minimum absolute atomic E-state index is 0.336. The van der Waals surface area contributed by atoms with Crippen molar-refractivity contribution in [3.8, 4) is 0 Å². The SMILES string of the molecule is CCO/C=N\C(=O)OCC. The van der Waals surface area contributed by atoms with Gasteiger partial charge in [-0.1, -0.05) is 0 Å². The fourth-order valence-electron chi connectivity index (χ4n) is 0.316. The summed E-state index contributed by atoms with van der Waals surface area (Å²) in [6, 6.07) is 0. The third kappa shape index (κ3) is 5.08. The molecule has 0 aliphatic carbocycles. The first-order valence-corrected chi connectivity index (χ1v) is 3.12. The van der Waals surface area contributed by atoms with E-state index >= 15 is 0 Å². The highest BCUT2D eigenvalue weighted by Gasteiger charge is 1.92. The van der Waals surface area contributed by atoms with Crippen LogP contribution in [0.25, 0.3) is 0 Å². The molecule has 0 aromatic heterocycles. The zero-order chi connectivity index (χ0) is 7.82. The summed E-state index contributed by atoms with van der Waals surface area (Å²) in [6.45, 7) is 4.36. The molecule has 0 unspecified atom stereocenters. The zero-order valence-corrected chi connectivity index (χ0v) is 6.16. The van der Waals surface area contributed by atoms with Crippen LogP contribution < -0.4 is 0 Å². The number of hydrogen-bond acceptors (Lipinski definition) is 3. The van der Waals surface area contributed by atoms with Crippen molar-refractivity contribution < 1.29 is 14.3 Å². The molecule has 0 atom stereocenters. The normalized spacial score (nSPS) is 9.80. The maximum atomic E-state index is 10.4. The van der Waals surface area contributed by atoms with Crippen LogP contribution in [0.5, 0.6) is 0 Å². The van der Waals surface area contributed by atoms with Crippen LogP contribution in [-0.2, 0) is 9.47 Å². The Morgan fingerprint density at radius 3 is 2.70 bits per heavy atom.